The van der Waals surface area contributed by atoms with Gasteiger partial charge in [-0.25, -0.2) is 9.37 Å². The molecule has 0 saturated carbocycles. The van der Waals surface area contributed by atoms with Crippen molar-refractivity contribution in [2.24, 2.45) is 12.8 Å². The lowest BCUT2D eigenvalue weighted by atomic mass is 10.2. The van der Waals surface area contributed by atoms with Gasteiger partial charge in [0.05, 0.1) is 35.0 Å². The molecule has 0 amide bonds. The summed E-state index contributed by atoms with van der Waals surface area (Å²) in [6, 6.07) is 4.00. The number of nitrogens with zero attached hydrogens (tertiary/aromatic N) is 2. The van der Waals surface area contributed by atoms with Crippen LogP contribution in [0, 0.1) is 5.82 Å². The van der Waals surface area contributed by atoms with Crippen molar-refractivity contribution in [1.82, 2.24) is 9.55 Å². The summed E-state index contributed by atoms with van der Waals surface area (Å²) in [6.07, 6.45) is 3.41. The molecule has 0 fully saturated rings. The molecule has 1 unspecified atom stereocenters. The zero-order valence-corrected chi connectivity index (χ0v) is 10.7. The largest absolute Gasteiger partial charge is 0.374 e. The second kappa shape index (κ2) is 5.37. The summed E-state index contributed by atoms with van der Waals surface area (Å²) in [5.41, 5.74) is 7.16. The highest BCUT2D eigenvalue weighted by Crippen LogP contribution is 2.26. The fourth-order valence-corrected chi connectivity index (χ4v) is 1.92. The van der Waals surface area contributed by atoms with E-state index in [1.807, 2.05) is 11.6 Å². The first-order valence-electron chi connectivity index (χ1n) is 5.49. The molecule has 2 aromatic rings. The van der Waals surface area contributed by atoms with Crippen molar-refractivity contribution in [2.75, 3.05) is 11.9 Å². The van der Waals surface area contributed by atoms with Crippen LogP contribution < -0.4 is 11.1 Å². The molecule has 1 aromatic carbocycles. The van der Waals surface area contributed by atoms with E-state index in [0.717, 1.165) is 5.69 Å². The summed E-state index contributed by atoms with van der Waals surface area (Å²) >= 11 is 6.01. The minimum atomic E-state index is -0.345. The van der Waals surface area contributed by atoms with Gasteiger partial charge in [0.2, 0.25) is 0 Å². The van der Waals surface area contributed by atoms with E-state index in [4.69, 9.17) is 17.3 Å². The Morgan fingerprint density at radius 1 is 1.56 bits per heavy atom. The maximum Gasteiger partial charge on any atom is 0.125 e. The van der Waals surface area contributed by atoms with Crippen LogP contribution in [0.4, 0.5) is 10.1 Å². The lowest BCUT2D eigenvalue weighted by Crippen LogP contribution is -2.22. The summed E-state index contributed by atoms with van der Waals surface area (Å²) in [6.45, 7) is 0.354. The number of aryl methyl sites for hydroxylation is 1. The Labute approximate surface area is 110 Å². The fourth-order valence-electron chi connectivity index (χ4n) is 1.75. The number of halogens is 2. The standard InChI is InChI=1S/C12H14ClFN4/c1-18-7-16-6-12(18)11(5-15)17-10-4-8(14)2-3-9(10)13/h2-4,6-7,11,17H,5,15H2,1H3. The van der Waals surface area contributed by atoms with Crippen LogP contribution >= 0.6 is 11.6 Å². The number of nitrogens with two attached hydrogens (primary N) is 1. The van der Waals surface area contributed by atoms with Crippen LogP contribution in [0.1, 0.15) is 11.7 Å². The Hall–Kier alpha value is -1.59. The Bertz CT molecular complexity index is 541. The number of benzene rings is 1. The minimum Gasteiger partial charge on any atom is -0.374 e. The Morgan fingerprint density at radius 3 is 2.94 bits per heavy atom. The predicted molar refractivity (Wildman–Crippen MR) is 70.0 cm³/mol. The van der Waals surface area contributed by atoms with Gasteiger partial charge in [0.1, 0.15) is 5.82 Å². The van der Waals surface area contributed by atoms with Gasteiger partial charge in [-0.1, -0.05) is 11.6 Å². The molecule has 0 bridgehead atoms. The van der Waals surface area contributed by atoms with Crippen molar-refractivity contribution < 1.29 is 4.39 Å². The highest BCUT2D eigenvalue weighted by atomic mass is 35.5. The van der Waals surface area contributed by atoms with E-state index >= 15 is 0 Å². The van der Waals surface area contributed by atoms with E-state index in [9.17, 15) is 4.39 Å². The zero-order chi connectivity index (χ0) is 13.1. The third-order valence-corrected chi connectivity index (χ3v) is 3.03. The Kier molecular flexibility index (Phi) is 3.84. The molecular formula is C12H14ClFN4. The molecular weight excluding hydrogens is 255 g/mol. The lowest BCUT2D eigenvalue weighted by molar-refractivity contribution is 0.627. The van der Waals surface area contributed by atoms with Crippen molar-refractivity contribution >= 4 is 17.3 Å². The summed E-state index contributed by atoms with van der Waals surface area (Å²) in [4.78, 5) is 4.03. The molecule has 2 rings (SSSR count). The van der Waals surface area contributed by atoms with Crippen LogP contribution in [0.15, 0.2) is 30.7 Å². The number of aromatic nitrogens is 2. The van der Waals surface area contributed by atoms with Gasteiger partial charge in [-0.15, -0.1) is 0 Å². The van der Waals surface area contributed by atoms with Gasteiger partial charge in [-0.2, -0.15) is 0 Å². The SMILES string of the molecule is Cn1cncc1C(CN)Nc1cc(F)ccc1Cl. The van der Waals surface area contributed by atoms with Crippen LogP contribution in [0.2, 0.25) is 5.02 Å². The van der Waals surface area contributed by atoms with Crippen LogP contribution in [0.3, 0.4) is 0 Å². The molecule has 18 heavy (non-hydrogen) atoms. The first kappa shape index (κ1) is 12.9. The van der Waals surface area contributed by atoms with Crippen molar-refractivity contribution in [1.29, 1.82) is 0 Å². The summed E-state index contributed by atoms with van der Waals surface area (Å²) in [7, 11) is 1.87. The van der Waals surface area contributed by atoms with E-state index in [-0.39, 0.29) is 11.9 Å². The van der Waals surface area contributed by atoms with Gasteiger partial charge < -0.3 is 15.6 Å². The number of rotatable bonds is 4. The Morgan fingerprint density at radius 2 is 2.33 bits per heavy atom. The number of hydrogen-bond donors (Lipinski definition) is 2. The molecule has 0 aliphatic carbocycles. The molecule has 0 saturated heterocycles. The second-order valence-corrected chi connectivity index (χ2v) is 4.39. The highest BCUT2D eigenvalue weighted by Gasteiger charge is 2.14. The molecule has 3 N–H and O–H groups in total. The van der Waals surface area contributed by atoms with Crippen LogP contribution in [-0.4, -0.2) is 16.1 Å². The topological polar surface area (TPSA) is 55.9 Å². The van der Waals surface area contributed by atoms with Crippen molar-refractivity contribution in [3.8, 4) is 0 Å². The van der Waals surface area contributed by atoms with E-state index in [1.165, 1.54) is 18.2 Å². The third-order valence-electron chi connectivity index (χ3n) is 2.70. The average molecular weight is 269 g/mol. The lowest BCUT2D eigenvalue weighted by Gasteiger charge is -2.19. The molecule has 6 heteroatoms. The van der Waals surface area contributed by atoms with Gasteiger partial charge in [0, 0.05) is 13.6 Å². The molecule has 1 aromatic heterocycles. The van der Waals surface area contributed by atoms with E-state index in [0.29, 0.717) is 17.3 Å². The molecule has 4 nitrogen and oxygen atoms in total. The molecule has 0 aliphatic heterocycles. The van der Waals surface area contributed by atoms with Gasteiger partial charge in [-0.3, -0.25) is 0 Å². The molecule has 0 radical (unpaired) electrons. The van der Waals surface area contributed by atoms with E-state index < -0.39 is 0 Å². The number of nitrogens with one attached hydrogen (secondary N) is 1. The maximum atomic E-state index is 13.2. The van der Waals surface area contributed by atoms with Crippen LogP contribution in [-0.2, 0) is 7.05 Å². The summed E-state index contributed by atoms with van der Waals surface area (Å²) < 4.78 is 15.0. The predicted octanol–water partition coefficient (Wildman–Crippen LogP) is 2.32. The quantitative estimate of drug-likeness (QED) is 0.895. The highest BCUT2D eigenvalue weighted by molar-refractivity contribution is 6.33. The maximum absolute atomic E-state index is 13.2. The van der Waals surface area contributed by atoms with Crippen molar-refractivity contribution in [2.45, 2.75) is 6.04 Å². The third kappa shape index (κ3) is 2.63. The van der Waals surface area contributed by atoms with Gasteiger partial charge in [-0.05, 0) is 18.2 Å². The normalized spacial score (nSPS) is 12.4. The zero-order valence-electron chi connectivity index (χ0n) is 9.90. The smallest absolute Gasteiger partial charge is 0.125 e. The van der Waals surface area contributed by atoms with Gasteiger partial charge >= 0.3 is 0 Å². The minimum absolute atomic E-state index is 0.170. The first-order chi connectivity index (χ1) is 8.61. The number of hydrogen-bond acceptors (Lipinski definition) is 3. The second-order valence-electron chi connectivity index (χ2n) is 3.99. The van der Waals surface area contributed by atoms with Gasteiger partial charge in [0.25, 0.3) is 0 Å². The first-order valence-corrected chi connectivity index (χ1v) is 5.87. The molecule has 1 atom stereocenters. The van der Waals surface area contributed by atoms with Gasteiger partial charge in [0.15, 0.2) is 0 Å². The molecule has 96 valence electrons. The Balaban J connectivity index is 2.26. The monoisotopic (exact) mass is 268 g/mol. The van der Waals surface area contributed by atoms with Crippen molar-refractivity contribution in [3.63, 3.8) is 0 Å². The average Bonchev–Trinajstić information content (AvgIpc) is 2.77. The van der Waals surface area contributed by atoms with E-state index in [1.54, 1.807) is 12.5 Å². The summed E-state index contributed by atoms with van der Waals surface area (Å²) in [5.74, 6) is -0.345. The summed E-state index contributed by atoms with van der Waals surface area (Å²) in [5, 5.41) is 3.58. The molecule has 0 spiro atoms. The van der Waals surface area contributed by atoms with Crippen LogP contribution in [0.5, 0.6) is 0 Å². The number of anilines is 1. The van der Waals surface area contributed by atoms with Crippen LogP contribution in [0.25, 0.3) is 0 Å². The number of imidazole rings is 1. The van der Waals surface area contributed by atoms with E-state index in [2.05, 4.69) is 10.3 Å². The van der Waals surface area contributed by atoms with Crippen molar-refractivity contribution in [3.05, 3.63) is 47.3 Å². The molecule has 1 heterocycles. The fraction of sp³-hybridized carbons (Fsp3) is 0.250. The molecule has 0 aliphatic rings.